The number of hydrogen-bond acceptors (Lipinski definition) is 8. The number of ether oxygens (including phenoxy) is 1. The Labute approximate surface area is 224 Å². The lowest BCUT2D eigenvalue weighted by Gasteiger charge is -2.32. The number of thiazole rings is 1. The maximum absolute atomic E-state index is 14.5. The molecule has 2 aromatic heterocycles. The maximum Gasteiger partial charge on any atom is 0.350 e. The molecule has 0 aliphatic carbocycles. The molecule has 196 valence electrons. The zero-order valence-electron chi connectivity index (χ0n) is 20.8. The molecular formula is C28H20FN3O6S. The fraction of sp³-hybridized carbons (Fsp3) is 0.179. The van der Waals surface area contributed by atoms with Crippen molar-refractivity contribution in [1.82, 2.24) is 4.98 Å². The molecule has 2 aliphatic heterocycles. The first-order chi connectivity index (χ1) is 18.7. The summed E-state index contributed by atoms with van der Waals surface area (Å²) >= 11 is 0.869. The predicted octanol–water partition coefficient (Wildman–Crippen LogP) is 4.31. The molecule has 1 unspecified atom stereocenters. The Bertz CT molecular complexity index is 1810. The van der Waals surface area contributed by atoms with Gasteiger partial charge in [0.25, 0.3) is 11.8 Å². The maximum atomic E-state index is 14.5. The highest BCUT2D eigenvalue weighted by atomic mass is 32.1. The minimum atomic E-state index is -2.01. The molecule has 0 bridgehead atoms. The van der Waals surface area contributed by atoms with Crippen molar-refractivity contribution in [3.8, 4) is 0 Å². The third kappa shape index (κ3) is 3.19. The van der Waals surface area contributed by atoms with Crippen LogP contribution in [0.25, 0.3) is 11.0 Å². The lowest BCUT2D eigenvalue weighted by Crippen LogP contribution is -2.53. The second-order valence-corrected chi connectivity index (χ2v) is 9.96. The zero-order chi connectivity index (χ0) is 27.6. The third-order valence-electron chi connectivity index (χ3n) is 6.84. The van der Waals surface area contributed by atoms with E-state index in [9.17, 15) is 23.6 Å². The van der Waals surface area contributed by atoms with Gasteiger partial charge in [-0.25, -0.2) is 14.2 Å². The number of benzene rings is 2. The number of hydrogen-bond donors (Lipinski definition) is 0. The van der Waals surface area contributed by atoms with Gasteiger partial charge in [-0.05, 0) is 38.1 Å². The molecular weight excluding hydrogens is 525 g/mol. The van der Waals surface area contributed by atoms with Crippen molar-refractivity contribution in [1.29, 1.82) is 0 Å². The molecule has 0 saturated heterocycles. The van der Waals surface area contributed by atoms with Crippen molar-refractivity contribution in [2.75, 3.05) is 23.0 Å². The van der Waals surface area contributed by atoms with Gasteiger partial charge in [0.2, 0.25) is 5.76 Å². The molecule has 0 radical (unpaired) electrons. The lowest BCUT2D eigenvalue weighted by molar-refractivity contribution is -0.121. The van der Waals surface area contributed by atoms with Gasteiger partial charge in [0, 0.05) is 12.1 Å². The van der Waals surface area contributed by atoms with Gasteiger partial charge in [-0.2, -0.15) is 0 Å². The summed E-state index contributed by atoms with van der Waals surface area (Å²) in [6, 6.07) is 10.2. The first-order valence-electron chi connectivity index (χ1n) is 12.0. The van der Waals surface area contributed by atoms with E-state index in [1.54, 1.807) is 38.1 Å². The number of carbonyl (C=O) groups excluding carboxylic acids is 3. The first-order valence-corrected chi connectivity index (χ1v) is 12.9. The molecule has 0 N–H and O–H groups in total. The van der Waals surface area contributed by atoms with Crippen molar-refractivity contribution < 1.29 is 27.9 Å². The second-order valence-electron chi connectivity index (χ2n) is 8.98. The molecule has 1 spiro atoms. The lowest BCUT2D eigenvalue weighted by atomic mass is 9.84. The average Bonchev–Trinajstić information content (AvgIpc) is 3.50. The summed E-state index contributed by atoms with van der Waals surface area (Å²) in [7, 11) is 0. The van der Waals surface area contributed by atoms with E-state index in [2.05, 4.69) is 11.6 Å². The minimum absolute atomic E-state index is 0.00481. The van der Waals surface area contributed by atoms with Gasteiger partial charge in [0.15, 0.2) is 16.1 Å². The molecule has 2 aromatic carbocycles. The highest BCUT2D eigenvalue weighted by Crippen LogP contribution is 2.54. The van der Waals surface area contributed by atoms with Gasteiger partial charge in [-0.3, -0.25) is 19.3 Å². The van der Waals surface area contributed by atoms with Crippen LogP contribution in [-0.4, -0.2) is 35.9 Å². The van der Waals surface area contributed by atoms with E-state index in [4.69, 9.17) is 9.15 Å². The smallest absolute Gasteiger partial charge is 0.350 e. The summed E-state index contributed by atoms with van der Waals surface area (Å²) in [5.41, 5.74) is -1.87. The Balaban J connectivity index is 1.73. The van der Waals surface area contributed by atoms with Crippen LogP contribution < -0.4 is 15.2 Å². The molecule has 2 amide bonds. The van der Waals surface area contributed by atoms with Crippen LogP contribution in [-0.2, 0) is 15.1 Å². The quantitative estimate of drug-likeness (QED) is 0.272. The van der Waals surface area contributed by atoms with E-state index in [0.29, 0.717) is 16.9 Å². The highest BCUT2D eigenvalue weighted by molar-refractivity contribution is 7.17. The number of amides is 2. The van der Waals surface area contributed by atoms with Gasteiger partial charge in [-0.1, -0.05) is 35.6 Å². The van der Waals surface area contributed by atoms with E-state index in [1.165, 1.54) is 17.0 Å². The summed E-state index contributed by atoms with van der Waals surface area (Å²) in [5, 5.41) is -0.108. The first kappa shape index (κ1) is 24.7. The number of carbonyl (C=O) groups is 3. The SMILES string of the molecule is C=CCN1C(=O)C2(c3ccccc31)c1c(oc3ccc(F)cc3c1=O)C(=O)N2c1nc(C)c(C(=O)OCC)s1. The van der Waals surface area contributed by atoms with Crippen molar-refractivity contribution in [3.63, 3.8) is 0 Å². The number of esters is 1. The van der Waals surface area contributed by atoms with Crippen LogP contribution in [0.5, 0.6) is 0 Å². The molecule has 4 heterocycles. The Morgan fingerprint density at radius 1 is 1.23 bits per heavy atom. The van der Waals surface area contributed by atoms with Gasteiger partial charge in [-0.15, -0.1) is 6.58 Å². The topological polar surface area (TPSA) is 110 Å². The van der Waals surface area contributed by atoms with E-state index in [-0.39, 0.29) is 45.5 Å². The number of anilines is 2. The fourth-order valence-corrected chi connectivity index (χ4v) is 6.32. The Hall–Kier alpha value is -4.64. The number of fused-ring (bicyclic) bond motifs is 5. The standard InChI is InChI=1S/C28H20FN3O6S/c1-4-12-31-18-9-7-6-8-17(18)28(26(31)36)20-21(33)16-13-15(29)10-11-19(16)38-22(20)24(34)32(28)27-30-14(3)23(39-27)25(35)37-5-2/h4,6-11,13H,1,5,12H2,2-3H3. The van der Waals surface area contributed by atoms with E-state index in [1.807, 2.05) is 0 Å². The molecule has 2 aliphatic rings. The average molecular weight is 546 g/mol. The van der Waals surface area contributed by atoms with Crippen LogP contribution in [0, 0.1) is 12.7 Å². The second kappa shape index (κ2) is 8.70. The van der Waals surface area contributed by atoms with Gasteiger partial charge in [0.05, 0.1) is 28.9 Å². The molecule has 11 heteroatoms. The van der Waals surface area contributed by atoms with Crippen molar-refractivity contribution >= 4 is 50.9 Å². The van der Waals surface area contributed by atoms with Crippen LogP contribution in [0.3, 0.4) is 0 Å². The van der Waals surface area contributed by atoms with Crippen LogP contribution in [0.1, 0.15) is 44.0 Å². The molecule has 1 atom stereocenters. The van der Waals surface area contributed by atoms with Crippen LogP contribution in [0.15, 0.2) is 64.3 Å². The molecule has 9 nitrogen and oxygen atoms in total. The van der Waals surface area contributed by atoms with Crippen LogP contribution in [0.4, 0.5) is 15.2 Å². The van der Waals surface area contributed by atoms with Crippen LogP contribution >= 0.6 is 11.3 Å². The van der Waals surface area contributed by atoms with E-state index in [0.717, 1.165) is 28.4 Å². The monoisotopic (exact) mass is 545 g/mol. The Morgan fingerprint density at radius 2 is 2.00 bits per heavy atom. The number of nitrogens with zero attached hydrogens (tertiary/aromatic N) is 3. The summed E-state index contributed by atoms with van der Waals surface area (Å²) in [6.07, 6.45) is 1.53. The molecule has 0 fully saturated rings. The normalized spacial score (nSPS) is 17.7. The summed E-state index contributed by atoms with van der Waals surface area (Å²) in [4.78, 5) is 62.4. The number of halogens is 1. The number of aromatic nitrogens is 1. The van der Waals surface area contributed by atoms with Gasteiger partial charge in [0.1, 0.15) is 16.3 Å². The van der Waals surface area contributed by atoms with E-state index < -0.39 is 34.6 Å². The highest BCUT2D eigenvalue weighted by Gasteiger charge is 2.66. The Morgan fingerprint density at radius 3 is 2.74 bits per heavy atom. The molecule has 4 aromatic rings. The molecule has 39 heavy (non-hydrogen) atoms. The summed E-state index contributed by atoms with van der Waals surface area (Å²) in [6.45, 7) is 7.22. The van der Waals surface area contributed by atoms with Crippen molar-refractivity contribution in [2.24, 2.45) is 0 Å². The fourth-order valence-electron chi connectivity index (χ4n) is 5.31. The third-order valence-corrected chi connectivity index (χ3v) is 7.96. The van der Waals surface area contributed by atoms with Gasteiger partial charge < -0.3 is 14.1 Å². The zero-order valence-corrected chi connectivity index (χ0v) is 21.6. The minimum Gasteiger partial charge on any atom is -0.462 e. The number of rotatable bonds is 5. The summed E-state index contributed by atoms with van der Waals surface area (Å²) in [5.74, 6) is -3.05. The van der Waals surface area contributed by atoms with E-state index >= 15 is 0 Å². The van der Waals surface area contributed by atoms with Crippen LogP contribution in [0.2, 0.25) is 0 Å². The molecule has 0 saturated carbocycles. The largest absolute Gasteiger partial charge is 0.462 e. The number of aryl methyl sites for hydroxylation is 1. The Kier molecular flexibility index (Phi) is 5.51. The predicted molar refractivity (Wildman–Crippen MR) is 142 cm³/mol. The molecule has 6 rings (SSSR count). The van der Waals surface area contributed by atoms with Crippen molar-refractivity contribution in [2.45, 2.75) is 19.4 Å². The number of para-hydroxylation sites is 1. The van der Waals surface area contributed by atoms with Gasteiger partial charge >= 0.3 is 5.97 Å². The van der Waals surface area contributed by atoms with Crippen molar-refractivity contribution in [3.05, 3.63) is 98.6 Å². The summed E-state index contributed by atoms with van der Waals surface area (Å²) < 4.78 is 25.3.